The van der Waals surface area contributed by atoms with Crippen LogP contribution in [0.4, 0.5) is 4.79 Å². The Morgan fingerprint density at radius 2 is 2.00 bits per heavy atom. The predicted octanol–water partition coefficient (Wildman–Crippen LogP) is 3.73. The van der Waals surface area contributed by atoms with E-state index in [1.807, 2.05) is 32.9 Å². The average Bonchev–Trinajstić information content (AvgIpc) is 3.14. The summed E-state index contributed by atoms with van der Waals surface area (Å²) in [6.07, 6.45) is -0.722. The molecule has 0 spiro atoms. The van der Waals surface area contributed by atoms with Crippen molar-refractivity contribution < 1.29 is 19.1 Å². The van der Waals surface area contributed by atoms with Crippen LogP contribution in [-0.2, 0) is 17.7 Å². The number of rotatable bonds is 6. The molecule has 2 aromatic rings. The van der Waals surface area contributed by atoms with Gasteiger partial charge in [0.2, 0.25) is 11.8 Å². The fourth-order valence-electron chi connectivity index (χ4n) is 3.77. The molecule has 0 saturated carbocycles. The van der Waals surface area contributed by atoms with E-state index in [2.05, 4.69) is 22.0 Å². The van der Waals surface area contributed by atoms with Gasteiger partial charge in [-0.15, -0.1) is 10.2 Å². The van der Waals surface area contributed by atoms with E-state index in [0.29, 0.717) is 23.9 Å². The minimum Gasteiger partial charge on any atom is -0.447 e. The lowest BCUT2D eigenvalue weighted by molar-refractivity contribution is 0.0349. The zero-order valence-corrected chi connectivity index (χ0v) is 19.5. The van der Waals surface area contributed by atoms with Gasteiger partial charge >= 0.3 is 6.09 Å². The molecule has 1 N–H and O–H groups in total. The second kappa shape index (κ2) is 9.97. The third-order valence-electron chi connectivity index (χ3n) is 5.45. The SMILES string of the molecule is Cc1c(Cc2nnc([C@H](C)O)o2)cc(Cl)cc1CN1CCN(C(=O)OC(C)C)[C@@H](C)C1. The Labute approximate surface area is 188 Å². The fourth-order valence-corrected chi connectivity index (χ4v) is 4.04. The number of aliphatic hydroxyl groups is 1. The Bertz CT molecular complexity index is 915. The molecule has 170 valence electrons. The molecule has 1 aliphatic rings. The van der Waals surface area contributed by atoms with Crippen LogP contribution in [0.2, 0.25) is 5.02 Å². The summed E-state index contributed by atoms with van der Waals surface area (Å²) in [7, 11) is 0. The average molecular weight is 451 g/mol. The van der Waals surface area contributed by atoms with Crippen LogP contribution in [0.3, 0.4) is 0 Å². The Kier molecular flexibility index (Phi) is 7.56. The smallest absolute Gasteiger partial charge is 0.410 e. The molecule has 9 heteroatoms. The van der Waals surface area contributed by atoms with Gasteiger partial charge in [0.15, 0.2) is 0 Å². The molecule has 1 aromatic heterocycles. The molecular weight excluding hydrogens is 420 g/mol. The zero-order valence-electron chi connectivity index (χ0n) is 18.8. The molecule has 0 aliphatic carbocycles. The molecule has 3 rings (SSSR count). The summed E-state index contributed by atoms with van der Waals surface area (Å²) < 4.78 is 10.9. The molecule has 0 unspecified atom stereocenters. The third-order valence-corrected chi connectivity index (χ3v) is 5.66. The first-order valence-electron chi connectivity index (χ1n) is 10.6. The summed E-state index contributed by atoms with van der Waals surface area (Å²) in [6.45, 7) is 12.3. The van der Waals surface area contributed by atoms with E-state index in [0.717, 1.165) is 36.3 Å². The van der Waals surface area contributed by atoms with Gasteiger partial charge in [-0.05, 0) is 63.4 Å². The quantitative estimate of drug-likeness (QED) is 0.716. The molecule has 0 bridgehead atoms. The van der Waals surface area contributed by atoms with Crippen LogP contribution in [0, 0.1) is 6.92 Å². The number of carbonyl (C=O) groups excluding carboxylic acids is 1. The second-order valence-electron chi connectivity index (χ2n) is 8.45. The molecule has 0 radical (unpaired) electrons. The maximum Gasteiger partial charge on any atom is 0.410 e. The molecular formula is C22H31ClN4O4. The highest BCUT2D eigenvalue weighted by Gasteiger charge is 2.29. The van der Waals surface area contributed by atoms with Crippen LogP contribution in [0.15, 0.2) is 16.5 Å². The maximum atomic E-state index is 12.3. The fraction of sp³-hybridized carbons (Fsp3) is 0.591. The molecule has 2 atom stereocenters. The largest absolute Gasteiger partial charge is 0.447 e. The molecule has 1 fully saturated rings. The topological polar surface area (TPSA) is 91.9 Å². The Balaban J connectivity index is 1.69. The van der Waals surface area contributed by atoms with Crippen molar-refractivity contribution in [2.24, 2.45) is 0 Å². The van der Waals surface area contributed by atoms with Gasteiger partial charge < -0.3 is 19.2 Å². The van der Waals surface area contributed by atoms with Crippen molar-refractivity contribution in [2.75, 3.05) is 19.6 Å². The molecule has 1 amide bonds. The third kappa shape index (κ3) is 5.96. The van der Waals surface area contributed by atoms with Crippen molar-refractivity contribution in [2.45, 2.75) is 65.8 Å². The number of piperazine rings is 1. The molecule has 2 heterocycles. The van der Waals surface area contributed by atoms with Gasteiger partial charge in [0, 0.05) is 37.2 Å². The Morgan fingerprint density at radius 3 is 2.61 bits per heavy atom. The van der Waals surface area contributed by atoms with Crippen molar-refractivity contribution in [3.63, 3.8) is 0 Å². The summed E-state index contributed by atoms with van der Waals surface area (Å²) in [5.74, 6) is 0.649. The monoisotopic (exact) mass is 450 g/mol. The number of halogens is 1. The number of aliphatic hydroxyl groups excluding tert-OH is 1. The molecule has 31 heavy (non-hydrogen) atoms. The van der Waals surface area contributed by atoms with Crippen LogP contribution in [0.25, 0.3) is 0 Å². The van der Waals surface area contributed by atoms with Gasteiger partial charge in [0.25, 0.3) is 0 Å². The maximum absolute atomic E-state index is 12.3. The minimum absolute atomic E-state index is 0.0660. The van der Waals surface area contributed by atoms with E-state index in [-0.39, 0.29) is 24.1 Å². The van der Waals surface area contributed by atoms with E-state index in [1.165, 1.54) is 0 Å². The minimum atomic E-state index is -0.796. The van der Waals surface area contributed by atoms with Gasteiger partial charge in [0.1, 0.15) is 6.10 Å². The number of hydrogen-bond acceptors (Lipinski definition) is 7. The number of benzene rings is 1. The first kappa shape index (κ1) is 23.5. The first-order chi connectivity index (χ1) is 14.6. The standard InChI is InChI=1S/C22H31ClN4O4/c1-13(2)30-22(29)27-7-6-26(11-14(27)3)12-18-9-19(23)8-17(15(18)4)10-20-24-25-21(31-20)16(5)28/h8-9,13-14,16,28H,6-7,10-12H2,1-5H3/t14-,16-/m0/s1. The molecule has 8 nitrogen and oxygen atoms in total. The van der Waals surface area contributed by atoms with Gasteiger partial charge in [-0.3, -0.25) is 4.90 Å². The van der Waals surface area contributed by atoms with E-state index in [1.54, 1.807) is 11.8 Å². The molecule has 1 aromatic carbocycles. The predicted molar refractivity (Wildman–Crippen MR) is 117 cm³/mol. The van der Waals surface area contributed by atoms with Crippen molar-refractivity contribution in [3.8, 4) is 0 Å². The van der Waals surface area contributed by atoms with Crippen molar-refractivity contribution in [1.29, 1.82) is 0 Å². The van der Waals surface area contributed by atoms with E-state index in [4.69, 9.17) is 20.8 Å². The van der Waals surface area contributed by atoms with Crippen LogP contribution in [-0.4, -0.2) is 63.0 Å². The zero-order chi connectivity index (χ0) is 22.7. The van der Waals surface area contributed by atoms with Crippen LogP contribution in [0.1, 0.15) is 62.3 Å². The number of carbonyl (C=O) groups is 1. The first-order valence-corrected chi connectivity index (χ1v) is 11.0. The van der Waals surface area contributed by atoms with Crippen LogP contribution < -0.4 is 0 Å². The molecule has 1 aliphatic heterocycles. The van der Waals surface area contributed by atoms with Gasteiger partial charge in [-0.1, -0.05) is 11.6 Å². The van der Waals surface area contributed by atoms with E-state index in [9.17, 15) is 9.90 Å². The van der Waals surface area contributed by atoms with E-state index >= 15 is 0 Å². The van der Waals surface area contributed by atoms with Gasteiger partial charge in [0.05, 0.1) is 12.5 Å². The number of aromatic nitrogens is 2. The van der Waals surface area contributed by atoms with E-state index < -0.39 is 6.10 Å². The lowest BCUT2D eigenvalue weighted by atomic mass is 9.99. The lowest BCUT2D eigenvalue weighted by Crippen LogP contribution is -2.54. The summed E-state index contributed by atoms with van der Waals surface area (Å²) in [6, 6.07) is 3.96. The summed E-state index contributed by atoms with van der Waals surface area (Å²) in [5, 5.41) is 18.1. The van der Waals surface area contributed by atoms with Crippen LogP contribution >= 0.6 is 11.6 Å². The highest BCUT2D eigenvalue weighted by Crippen LogP contribution is 2.25. The highest BCUT2D eigenvalue weighted by atomic mass is 35.5. The normalized spacial score (nSPS) is 18.5. The number of amides is 1. The van der Waals surface area contributed by atoms with Gasteiger partial charge in [-0.2, -0.15) is 0 Å². The second-order valence-corrected chi connectivity index (χ2v) is 8.88. The summed E-state index contributed by atoms with van der Waals surface area (Å²) in [5.41, 5.74) is 3.26. The highest BCUT2D eigenvalue weighted by molar-refractivity contribution is 6.30. The number of ether oxygens (including phenoxy) is 1. The van der Waals surface area contributed by atoms with Crippen LogP contribution in [0.5, 0.6) is 0 Å². The Morgan fingerprint density at radius 1 is 1.29 bits per heavy atom. The lowest BCUT2D eigenvalue weighted by Gasteiger charge is -2.39. The Hall–Kier alpha value is -2.16. The van der Waals surface area contributed by atoms with Crippen molar-refractivity contribution in [3.05, 3.63) is 45.6 Å². The summed E-state index contributed by atoms with van der Waals surface area (Å²) >= 11 is 6.41. The summed E-state index contributed by atoms with van der Waals surface area (Å²) in [4.78, 5) is 16.4. The van der Waals surface area contributed by atoms with Crippen molar-refractivity contribution in [1.82, 2.24) is 20.0 Å². The van der Waals surface area contributed by atoms with Crippen molar-refractivity contribution >= 4 is 17.7 Å². The number of hydrogen-bond donors (Lipinski definition) is 1. The van der Waals surface area contributed by atoms with Gasteiger partial charge in [-0.25, -0.2) is 4.79 Å². The number of nitrogens with zero attached hydrogens (tertiary/aromatic N) is 4. The molecule has 1 saturated heterocycles.